The van der Waals surface area contributed by atoms with Crippen molar-refractivity contribution >= 4 is 5.97 Å². The number of alkyl halides is 1. The summed E-state index contributed by atoms with van der Waals surface area (Å²) < 4.78 is 12.0. The van der Waals surface area contributed by atoms with Crippen LogP contribution in [-0.2, 0) is 4.79 Å². The summed E-state index contributed by atoms with van der Waals surface area (Å²) in [6.07, 6.45) is 1.38. The maximum atomic E-state index is 12.0. The molecule has 0 spiro atoms. The average molecular weight is 147 g/mol. The molecule has 0 unspecified atom stereocenters. The summed E-state index contributed by atoms with van der Waals surface area (Å²) in [6.45, 7) is -0.0650. The third-order valence-corrected chi connectivity index (χ3v) is 1.80. The lowest BCUT2D eigenvalue weighted by atomic mass is 10.2. The van der Waals surface area contributed by atoms with Crippen LogP contribution in [0.1, 0.15) is 12.8 Å². The smallest absolute Gasteiger partial charge is 0.320 e. The van der Waals surface area contributed by atoms with Gasteiger partial charge in [-0.2, -0.15) is 0 Å². The number of nitrogens with zero attached hydrogens (tertiary/aromatic N) is 1. The van der Waals surface area contributed by atoms with E-state index in [1.807, 2.05) is 0 Å². The van der Waals surface area contributed by atoms with E-state index in [2.05, 4.69) is 0 Å². The molecule has 1 heterocycles. The summed E-state index contributed by atoms with van der Waals surface area (Å²) in [7, 11) is 0. The minimum atomic E-state index is -0.907. The first-order valence-corrected chi connectivity index (χ1v) is 3.28. The molecule has 1 fully saturated rings. The zero-order valence-electron chi connectivity index (χ0n) is 5.59. The van der Waals surface area contributed by atoms with Gasteiger partial charge in [0.25, 0.3) is 0 Å². The van der Waals surface area contributed by atoms with Gasteiger partial charge in [0.05, 0.1) is 0 Å². The quantitative estimate of drug-likeness (QED) is 0.577. The molecular weight excluding hydrogens is 137 g/mol. The number of carboxylic acids is 1. The van der Waals surface area contributed by atoms with Crippen LogP contribution < -0.4 is 0 Å². The SMILES string of the molecule is O=C(O)[C@@H]1CCCN1CF. The average Bonchev–Trinajstić information content (AvgIpc) is 2.33. The van der Waals surface area contributed by atoms with Gasteiger partial charge >= 0.3 is 5.97 Å². The molecule has 0 saturated carbocycles. The molecule has 4 heteroatoms. The molecule has 1 N–H and O–H groups in total. The normalized spacial score (nSPS) is 27.1. The number of halogens is 1. The van der Waals surface area contributed by atoms with E-state index >= 15 is 0 Å². The highest BCUT2D eigenvalue weighted by molar-refractivity contribution is 5.73. The molecule has 0 radical (unpaired) electrons. The molecule has 1 aliphatic heterocycles. The second kappa shape index (κ2) is 2.96. The van der Waals surface area contributed by atoms with Crippen LogP contribution in [0.5, 0.6) is 0 Å². The van der Waals surface area contributed by atoms with Crippen LogP contribution in [0.4, 0.5) is 4.39 Å². The van der Waals surface area contributed by atoms with E-state index in [1.54, 1.807) is 0 Å². The molecule has 0 aromatic rings. The molecule has 1 atom stereocenters. The molecule has 0 aliphatic carbocycles. The van der Waals surface area contributed by atoms with Gasteiger partial charge < -0.3 is 5.11 Å². The van der Waals surface area contributed by atoms with Crippen molar-refractivity contribution in [3.8, 4) is 0 Å². The Morgan fingerprint density at radius 2 is 2.50 bits per heavy atom. The minimum Gasteiger partial charge on any atom is -0.480 e. The molecular formula is C6H10FNO2. The highest BCUT2D eigenvalue weighted by Crippen LogP contribution is 2.16. The third kappa shape index (κ3) is 1.26. The van der Waals surface area contributed by atoms with Crippen molar-refractivity contribution in [3.05, 3.63) is 0 Å². The second-order valence-electron chi connectivity index (χ2n) is 2.43. The van der Waals surface area contributed by atoms with Gasteiger partial charge in [-0.05, 0) is 12.8 Å². The van der Waals surface area contributed by atoms with Crippen LogP contribution in [-0.4, -0.2) is 35.4 Å². The maximum absolute atomic E-state index is 12.0. The first-order valence-electron chi connectivity index (χ1n) is 3.28. The summed E-state index contributed by atoms with van der Waals surface area (Å²) in [5, 5.41) is 8.51. The standard InChI is InChI=1S/C6H10FNO2/c7-4-8-3-1-2-5(8)6(9)10/h5H,1-4H2,(H,9,10)/t5-/m0/s1. The van der Waals surface area contributed by atoms with Gasteiger partial charge in [0.15, 0.2) is 0 Å². The first-order chi connectivity index (χ1) is 4.75. The van der Waals surface area contributed by atoms with Crippen LogP contribution >= 0.6 is 0 Å². The predicted octanol–water partition coefficient (Wildman–Crippen LogP) is 0.462. The Kier molecular flexibility index (Phi) is 2.21. The highest BCUT2D eigenvalue weighted by Gasteiger charge is 2.29. The number of carboxylic acid groups (broad SMARTS) is 1. The number of hydrogen-bond acceptors (Lipinski definition) is 2. The Balaban J connectivity index is 2.50. The Morgan fingerprint density at radius 1 is 1.80 bits per heavy atom. The minimum absolute atomic E-state index is 0.577. The molecule has 0 aromatic carbocycles. The fourth-order valence-corrected chi connectivity index (χ4v) is 1.25. The fraction of sp³-hybridized carbons (Fsp3) is 0.833. The van der Waals surface area contributed by atoms with Crippen LogP contribution in [0, 0.1) is 0 Å². The maximum Gasteiger partial charge on any atom is 0.320 e. The molecule has 1 aliphatic rings. The predicted molar refractivity (Wildman–Crippen MR) is 33.3 cm³/mol. The first kappa shape index (κ1) is 7.47. The summed E-state index contributed by atoms with van der Waals surface area (Å²) in [4.78, 5) is 11.7. The molecule has 0 bridgehead atoms. The number of rotatable bonds is 2. The lowest BCUT2D eigenvalue weighted by Crippen LogP contribution is -2.35. The monoisotopic (exact) mass is 147 g/mol. The van der Waals surface area contributed by atoms with Crippen molar-refractivity contribution in [2.45, 2.75) is 18.9 Å². The van der Waals surface area contributed by atoms with Gasteiger partial charge in [-0.25, -0.2) is 4.39 Å². The van der Waals surface area contributed by atoms with Gasteiger partial charge in [-0.1, -0.05) is 0 Å². The van der Waals surface area contributed by atoms with E-state index in [0.29, 0.717) is 13.0 Å². The summed E-state index contributed by atoms with van der Waals surface area (Å²) >= 11 is 0. The Labute approximate surface area is 58.4 Å². The van der Waals surface area contributed by atoms with Crippen molar-refractivity contribution in [2.24, 2.45) is 0 Å². The van der Waals surface area contributed by atoms with E-state index in [9.17, 15) is 9.18 Å². The zero-order chi connectivity index (χ0) is 7.56. The van der Waals surface area contributed by atoms with E-state index in [-0.39, 0.29) is 0 Å². The van der Waals surface area contributed by atoms with Gasteiger partial charge in [0.1, 0.15) is 12.8 Å². The van der Waals surface area contributed by atoms with E-state index in [1.165, 1.54) is 4.90 Å². The Morgan fingerprint density at radius 3 is 2.90 bits per heavy atom. The lowest BCUT2D eigenvalue weighted by molar-refractivity contribution is -0.142. The van der Waals surface area contributed by atoms with Gasteiger partial charge in [-0.15, -0.1) is 0 Å². The van der Waals surface area contributed by atoms with E-state index in [0.717, 1.165) is 6.42 Å². The topological polar surface area (TPSA) is 40.5 Å². The molecule has 10 heavy (non-hydrogen) atoms. The van der Waals surface area contributed by atoms with E-state index < -0.39 is 18.8 Å². The van der Waals surface area contributed by atoms with Crippen LogP contribution in [0.2, 0.25) is 0 Å². The second-order valence-corrected chi connectivity index (χ2v) is 2.43. The largest absolute Gasteiger partial charge is 0.480 e. The van der Waals surface area contributed by atoms with Crippen LogP contribution in [0.15, 0.2) is 0 Å². The Hall–Kier alpha value is -0.640. The van der Waals surface area contributed by atoms with Gasteiger partial charge in [0, 0.05) is 6.54 Å². The lowest BCUT2D eigenvalue weighted by Gasteiger charge is -2.15. The number of likely N-dealkylation sites (tertiary alicyclic amines) is 1. The summed E-state index contributed by atoms with van der Waals surface area (Å²) in [5.74, 6) is -0.907. The van der Waals surface area contributed by atoms with Crippen molar-refractivity contribution in [1.82, 2.24) is 4.90 Å². The fourth-order valence-electron chi connectivity index (χ4n) is 1.25. The van der Waals surface area contributed by atoms with Crippen molar-refractivity contribution in [3.63, 3.8) is 0 Å². The molecule has 3 nitrogen and oxygen atoms in total. The Bertz CT molecular complexity index is 140. The van der Waals surface area contributed by atoms with Gasteiger partial charge in [-0.3, -0.25) is 9.69 Å². The van der Waals surface area contributed by atoms with Crippen molar-refractivity contribution in [1.29, 1.82) is 0 Å². The van der Waals surface area contributed by atoms with Crippen LogP contribution in [0.3, 0.4) is 0 Å². The summed E-state index contributed by atoms with van der Waals surface area (Å²) in [5.41, 5.74) is 0. The highest BCUT2D eigenvalue weighted by atomic mass is 19.1. The summed E-state index contributed by atoms with van der Waals surface area (Å²) in [6, 6.07) is -0.579. The number of carbonyl (C=O) groups is 1. The van der Waals surface area contributed by atoms with Crippen molar-refractivity contribution < 1.29 is 14.3 Å². The van der Waals surface area contributed by atoms with Crippen LogP contribution in [0.25, 0.3) is 0 Å². The number of hydrogen-bond donors (Lipinski definition) is 1. The van der Waals surface area contributed by atoms with Crippen molar-refractivity contribution in [2.75, 3.05) is 13.3 Å². The van der Waals surface area contributed by atoms with E-state index in [4.69, 9.17) is 5.11 Å². The van der Waals surface area contributed by atoms with Gasteiger partial charge in [0.2, 0.25) is 0 Å². The third-order valence-electron chi connectivity index (χ3n) is 1.80. The number of aliphatic carboxylic acids is 1. The molecule has 0 aromatic heterocycles. The zero-order valence-corrected chi connectivity index (χ0v) is 5.59. The molecule has 58 valence electrons. The molecule has 1 rings (SSSR count). The molecule has 1 saturated heterocycles. The molecule has 0 amide bonds.